The number of carbonyl (C=O) groups excluding carboxylic acids is 1. The van der Waals surface area contributed by atoms with Gasteiger partial charge in [0, 0.05) is 6.04 Å². The largest absolute Gasteiger partial charge is 1.00 e. The van der Waals surface area contributed by atoms with Crippen molar-refractivity contribution < 1.29 is 69.1 Å². The second-order valence-corrected chi connectivity index (χ2v) is 8.26. The number of unbranched alkanes of at least 4 members (excludes halogenated alkanes) is 11. The molecule has 26 heavy (non-hydrogen) atoms. The summed E-state index contributed by atoms with van der Waals surface area (Å²) in [6.45, 7) is 5.57. The summed E-state index contributed by atoms with van der Waals surface area (Å²) in [4.78, 5) is 11.3. The molecule has 1 atom stereocenters. The Bertz CT molecular complexity index is 454. The van der Waals surface area contributed by atoms with Gasteiger partial charge < -0.3 is 9.87 Å². The molecule has 0 saturated carbocycles. The van der Waals surface area contributed by atoms with E-state index in [1.165, 1.54) is 57.8 Å². The molecule has 0 radical (unpaired) electrons. The number of carbonyl (C=O) groups is 1. The van der Waals surface area contributed by atoms with E-state index in [4.69, 9.17) is 0 Å². The van der Waals surface area contributed by atoms with Crippen molar-refractivity contribution in [2.24, 2.45) is 0 Å². The van der Waals surface area contributed by atoms with E-state index in [9.17, 15) is 17.8 Å². The molecule has 0 aliphatic rings. The average molecular weight is 414 g/mol. The topological polar surface area (TPSA) is 86.3 Å². The van der Waals surface area contributed by atoms with E-state index in [-0.39, 0.29) is 51.4 Å². The molecule has 0 spiro atoms. The maximum Gasteiger partial charge on any atom is 1.00 e. The first-order valence-electron chi connectivity index (χ1n) is 9.75. The summed E-state index contributed by atoms with van der Waals surface area (Å²) in [5.74, 6) is -0.988. The Labute approximate surface area is 203 Å². The van der Waals surface area contributed by atoms with Crippen molar-refractivity contribution >= 4 is 16.0 Å². The van der Waals surface area contributed by atoms with E-state index >= 15 is 0 Å². The van der Waals surface area contributed by atoms with Gasteiger partial charge in [0.1, 0.15) is 0 Å². The van der Waals surface area contributed by atoms with E-state index in [0.717, 1.165) is 25.3 Å². The monoisotopic (exact) mass is 413 g/mol. The third-order valence-electron chi connectivity index (χ3n) is 4.34. The Balaban J connectivity index is 0. The molecular formula is C19H36KNO4S. The molecule has 0 aromatic carbocycles. The summed E-state index contributed by atoms with van der Waals surface area (Å²) >= 11 is 0. The van der Waals surface area contributed by atoms with E-state index in [2.05, 4.69) is 18.8 Å². The Kier molecular flexibility index (Phi) is 21.3. The molecule has 0 fully saturated rings. The van der Waals surface area contributed by atoms with Crippen LogP contribution >= 0.6 is 0 Å². The molecule has 0 aromatic heterocycles. The zero-order chi connectivity index (χ0) is 19.0. The molecule has 5 nitrogen and oxygen atoms in total. The summed E-state index contributed by atoms with van der Waals surface area (Å²) in [6.07, 6.45) is 16.3. The smallest absolute Gasteiger partial charge is 0.748 e. The van der Waals surface area contributed by atoms with Crippen LogP contribution in [0.3, 0.4) is 0 Å². The number of hydrogen-bond acceptors (Lipinski definition) is 4. The van der Waals surface area contributed by atoms with Crippen molar-refractivity contribution in [3.05, 3.63) is 12.7 Å². The third kappa shape index (κ3) is 21.1. The van der Waals surface area contributed by atoms with Gasteiger partial charge in [0.15, 0.2) is 0 Å². The first-order chi connectivity index (χ1) is 11.9. The van der Waals surface area contributed by atoms with Crippen LogP contribution in [0.1, 0.15) is 90.4 Å². The molecular weight excluding hydrogens is 377 g/mol. The van der Waals surface area contributed by atoms with Crippen LogP contribution in [0.4, 0.5) is 0 Å². The third-order valence-corrected chi connectivity index (χ3v) is 5.15. The molecule has 7 heteroatoms. The van der Waals surface area contributed by atoms with Crippen LogP contribution in [0.2, 0.25) is 0 Å². The summed E-state index contributed by atoms with van der Waals surface area (Å²) in [6, 6.07) is -0.615. The Morgan fingerprint density at radius 3 is 1.77 bits per heavy atom. The van der Waals surface area contributed by atoms with Crippen molar-refractivity contribution in [2.45, 2.75) is 96.4 Å². The standard InChI is InChI=1S/C19H37NO4S.K/c1-3-5-6-7-8-9-10-11-12-13-14-15-16-18(17-25(22,23)24)20-19(21)4-2;/h4,18H,2-3,5-17H2,1H3,(H,20,21)(H,22,23,24);/q;+1/p-1. The van der Waals surface area contributed by atoms with Crippen LogP contribution in [0.15, 0.2) is 12.7 Å². The molecule has 0 bridgehead atoms. The minimum absolute atomic E-state index is 0. The molecule has 1 unspecified atom stereocenters. The number of hydrogen-bond donors (Lipinski definition) is 1. The SMILES string of the molecule is C=CC(=O)NC(CCCCCCCCCCCCCC)CS(=O)(=O)[O-].[K+]. The fraction of sp³-hybridized carbons (Fsp3) is 0.842. The predicted molar refractivity (Wildman–Crippen MR) is 102 cm³/mol. The summed E-state index contributed by atoms with van der Waals surface area (Å²) in [7, 11) is -4.34. The van der Waals surface area contributed by atoms with Crippen molar-refractivity contribution in [1.82, 2.24) is 5.32 Å². The van der Waals surface area contributed by atoms with E-state index in [1.54, 1.807) is 0 Å². The molecule has 0 aliphatic carbocycles. The van der Waals surface area contributed by atoms with Crippen molar-refractivity contribution in [2.75, 3.05) is 5.75 Å². The zero-order valence-corrected chi connectivity index (χ0v) is 20.7. The van der Waals surface area contributed by atoms with E-state index < -0.39 is 27.8 Å². The van der Waals surface area contributed by atoms with Crippen LogP contribution < -0.4 is 56.7 Å². The van der Waals surface area contributed by atoms with Gasteiger partial charge in [-0.05, 0) is 12.5 Å². The Hall–Kier alpha value is 0.756. The molecule has 0 heterocycles. The fourth-order valence-electron chi connectivity index (χ4n) is 2.94. The maximum absolute atomic E-state index is 11.3. The van der Waals surface area contributed by atoms with Crippen molar-refractivity contribution in [3.8, 4) is 0 Å². The molecule has 0 aliphatic heterocycles. The van der Waals surface area contributed by atoms with Gasteiger partial charge in [0.2, 0.25) is 5.91 Å². The van der Waals surface area contributed by atoms with Crippen LogP contribution in [0, 0.1) is 0 Å². The Morgan fingerprint density at radius 1 is 0.962 bits per heavy atom. The van der Waals surface area contributed by atoms with Crippen LogP contribution in [0.5, 0.6) is 0 Å². The molecule has 0 saturated heterocycles. The first-order valence-corrected chi connectivity index (χ1v) is 11.3. The molecule has 1 N–H and O–H groups in total. The predicted octanol–water partition coefficient (Wildman–Crippen LogP) is 1.30. The van der Waals surface area contributed by atoms with Gasteiger partial charge in [-0.15, -0.1) is 0 Å². The number of nitrogens with one attached hydrogen (secondary N) is 1. The number of amides is 1. The second-order valence-electron chi connectivity index (χ2n) is 6.81. The first kappa shape index (κ1) is 29.0. The fourth-order valence-corrected chi connectivity index (χ4v) is 3.68. The molecule has 0 aromatic rings. The van der Waals surface area contributed by atoms with Crippen molar-refractivity contribution in [3.63, 3.8) is 0 Å². The van der Waals surface area contributed by atoms with Crippen LogP contribution in [0.25, 0.3) is 0 Å². The number of rotatable bonds is 17. The summed E-state index contributed by atoms with van der Waals surface area (Å²) < 4.78 is 32.7. The van der Waals surface area contributed by atoms with Gasteiger partial charge in [-0.2, -0.15) is 0 Å². The normalized spacial score (nSPS) is 12.2. The van der Waals surface area contributed by atoms with Crippen LogP contribution in [-0.2, 0) is 14.9 Å². The minimum atomic E-state index is -4.34. The van der Waals surface area contributed by atoms with Crippen molar-refractivity contribution in [1.29, 1.82) is 0 Å². The van der Waals surface area contributed by atoms with Gasteiger partial charge in [0.05, 0.1) is 15.9 Å². The van der Waals surface area contributed by atoms with Gasteiger partial charge in [-0.3, -0.25) is 4.79 Å². The van der Waals surface area contributed by atoms with Crippen LogP contribution in [-0.4, -0.2) is 30.7 Å². The minimum Gasteiger partial charge on any atom is -0.748 e. The van der Waals surface area contributed by atoms with E-state index in [0.29, 0.717) is 6.42 Å². The second kappa shape index (κ2) is 19.1. The van der Waals surface area contributed by atoms with E-state index in [1.807, 2.05) is 0 Å². The van der Waals surface area contributed by atoms with Gasteiger partial charge in [-0.1, -0.05) is 90.6 Å². The molecule has 0 rings (SSSR count). The summed E-state index contributed by atoms with van der Waals surface area (Å²) in [5, 5.41) is 2.53. The van der Waals surface area contributed by atoms with Gasteiger partial charge in [-0.25, -0.2) is 8.42 Å². The van der Waals surface area contributed by atoms with Gasteiger partial charge >= 0.3 is 51.4 Å². The maximum atomic E-state index is 11.3. The van der Waals surface area contributed by atoms with Gasteiger partial charge in [0.25, 0.3) is 0 Å². The zero-order valence-electron chi connectivity index (χ0n) is 16.8. The summed E-state index contributed by atoms with van der Waals surface area (Å²) in [5.41, 5.74) is 0. The Morgan fingerprint density at radius 2 is 1.38 bits per heavy atom. The quantitative estimate of drug-likeness (QED) is 0.168. The molecule has 148 valence electrons. The molecule has 1 amide bonds. The average Bonchev–Trinajstić information content (AvgIpc) is 2.54.